The third-order valence-corrected chi connectivity index (χ3v) is 2.14. The molecule has 2 N–H and O–H groups in total. The summed E-state index contributed by atoms with van der Waals surface area (Å²) in [4.78, 5) is 8.01. The average molecular weight is 220 g/mol. The molecule has 1 aromatic rings. The number of nitrogens with one attached hydrogen (secondary N) is 1. The Labute approximate surface area is 95.2 Å². The summed E-state index contributed by atoms with van der Waals surface area (Å²) in [5.41, 5.74) is 0.373. The Kier molecular flexibility index (Phi) is 5.89. The van der Waals surface area contributed by atoms with Gasteiger partial charge in [-0.3, -0.25) is 0 Å². The van der Waals surface area contributed by atoms with Gasteiger partial charge in [0.1, 0.15) is 11.8 Å². The first-order chi connectivity index (χ1) is 7.86. The van der Waals surface area contributed by atoms with Crippen molar-refractivity contribution in [2.75, 3.05) is 18.5 Å². The number of rotatable bonds is 7. The summed E-state index contributed by atoms with van der Waals surface area (Å²) in [5, 5.41) is 20.3. The summed E-state index contributed by atoms with van der Waals surface area (Å²) in [6.45, 7) is 1.06. The molecule has 0 aliphatic rings. The van der Waals surface area contributed by atoms with E-state index >= 15 is 0 Å². The van der Waals surface area contributed by atoms with E-state index in [2.05, 4.69) is 15.3 Å². The Morgan fingerprint density at radius 1 is 1.31 bits per heavy atom. The van der Waals surface area contributed by atoms with Crippen molar-refractivity contribution in [2.45, 2.75) is 25.7 Å². The zero-order chi connectivity index (χ0) is 11.6. The van der Waals surface area contributed by atoms with Gasteiger partial charge in [-0.15, -0.1) is 0 Å². The van der Waals surface area contributed by atoms with E-state index in [1.165, 1.54) is 0 Å². The Morgan fingerprint density at radius 3 is 2.88 bits per heavy atom. The first-order valence-electron chi connectivity index (χ1n) is 5.44. The van der Waals surface area contributed by atoms with E-state index in [1.807, 2.05) is 6.07 Å². The molecule has 0 unspecified atom stereocenters. The van der Waals surface area contributed by atoms with Crippen LogP contribution in [0.25, 0.3) is 0 Å². The van der Waals surface area contributed by atoms with E-state index in [-0.39, 0.29) is 6.61 Å². The van der Waals surface area contributed by atoms with Crippen molar-refractivity contribution < 1.29 is 5.11 Å². The van der Waals surface area contributed by atoms with E-state index in [0.717, 1.165) is 32.2 Å². The fraction of sp³-hybridized carbons (Fsp3) is 0.545. The van der Waals surface area contributed by atoms with Crippen LogP contribution in [0.2, 0.25) is 0 Å². The molecular formula is C11H16N4O. The number of hydrogen-bond acceptors (Lipinski definition) is 5. The molecule has 1 aromatic heterocycles. The summed E-state index contributed by atoms with van der Waals surface area (Å²) >= 11 is 0. The van der Waals surface area contributed by atoms with Crippen molar-refractivity contribution in [3.63, 3.8) is 0 Å². The maximum atomic E-state index is 8.64. The predicted molar refractivity (Wildman–Crippen MR) is 60.8 cm³/mol. The van der Waals surface area contributed by atoms with Crippen LogP contribution >= 0.6 is 0 Å². The van der Waals surface area contributed by atoms with Crippen LogP contribution in [-0.2, 0) is 0 Å². The first kappa shape index (κ1) is 12.4. The van der Waals surface area contributed by atoms with E-state index in [1.54, 1.807) is 12.3 Å². The zero-order valence-electron chi connectivity index (χ0n) is 9.19. The molecule has 0 radical (unpaired) electrons. The van der Waals surface area contributed by atoms with Gasteiger partial charge in [-0.1, -0.05) is 12.8 Å². The monoisotopic (exact) mass is 220 g/mol. The molecule has 5 nitrogen and oxygen atoms in total. The van der Waals surface area contributed by atoms with Crippen LogP contribution in [0.1, 0.15) is 31.4 Å². The van der Waals surface area contributed by atoms with Gasteiger partial charge >= 0.3 is 0 Å². The molecule has 0 atom stereocenters. The topological polar surface area (TPSA) is 81.8 Å². The van der Waals surface area contributed by atoms with Gasteiger partial charge in [0.25, 0.3) is 0 Å². The van der Waals surface area contributed by atoms with Crippen molar-refractivity contribution in [3.8, 4) is 6.07 Å². The minimum absolute atomic E-state index is 0.265. The van der Waals surface area contributed by atoms with Gasteiger partial charge in [-0.25, -0.2) is 9.97 Å². The lowest BCUT2D eigenvalue weighted by Gasteiger charge is -2.03. The summed E-state index contributed by atoms with van der Waals surface area (Å²) in [5.74, 6) is 0.501. The number of aromatic nitrogens is 2. The second-order valence-corrected chi connectivity index (χ2v) is 3.44. The summed E-state index contributed by atoms with van der Waals surface area (Å²) in [7, 11) is 0. The highest BCUT2D eigenvalue weighted by molar-refractivity contribution is 5.29. The lowest BCUT2D eigenvalue weighted by atomic mass is 10.2. The molecule has 16 heavy (non-hydrogen) atoms. The maximum absolute atomic E-state index is 8.64. The summed E-state index contributed by atoms with van der Waals surface area (Å²) < 4.78 is 0. The van der Waals surface area contributed by atoms with Gasteiger partial charge in [0.05, 0.1) is 0 Å². The second-order valence-electron chi connectivity index (χ2n) is 3.44. The fourth-order valence-corrected chi connectivity index (χ4v) is 1.30. The van der Waals surface area contributed by atoms with Crippen molar-refractivity contribution in [1.82, 2.24) is 9.97 Å². The molecule has 0 saturated heterocycles. The molecule has 0 bridgehead atoms. The second kappa shape index (κ2) is 7.60. The maximum Gasteiger partial charge on any atom is 0.223 e. The molecule has 86 valence electrons. The van der Waals surface area contributed by atoms with Crippen LogP contribution in [0.15, 0.2) is 12.3 Å². The molecule has 0 aliphatic carbocycles. The van der Waals surface area contributed by atoms with Gasteiger partial charge < -0.3 is 10.4 Å². The molecule has 0 aliphatic heterocycles. The van der Waals surface area contributed by atoms with Crippen molar-refractivity contribution in [2.24, 2.45) is 0 Å². The fourth-order valence-electron chi connectivity index (χ4n) is 1.30. The van der Waals surface area contributed by atoms with E-state index in [9.17, 15) is 0 Å². The quantitative estimate of drug-likeness (QED) is 0.677. The van der Waals surface area contributed by atoms with Crippen LogP contribution in [-0.4, -0.2) is 28.2 Å². The molecule has 0 saturated carbocycles. The van der Waals surface area contributed by atoms with Gasteiger partial charge in [-0.05, 0) is 18.9 Å². The Balaban J connectivity index is 2.19. The van der Waals surface area contributed by atoms with Crippen LogP contribution in [0.3, 0.4) is 0 Å². The smallest absolute Gasteiger partial charge is 0.223 e. The van der Waals surface area contributed by atoms with Gasteiger partial charge in [0, 0.05) is 19.3 Å². The van der Waals surface area contributed by atoms with E-state index in [0.29, 0.717) is 11.6 Å². The average Bonchev–Trinajstić information content (AvgIpc) is 2.34. The SMILES string of the molecule is N#Cc1ccnc(NCCCCCCO)n1. The van der Waals surface area contributed by atoms with Crippen molar-refractivity contribution in [1.29, 1.82) is 5.26 Å². The molecule has 0 fully saturated rings. The van der Waals surface area contributed by atoms with Crippen LogP contribution in [0, 0.1) is 11.3 Å². The van der Waals surface area contributed by atoms with Gasteiger partial charge in [-0.2, -0.15) is 5.26 Å². The third kappa shape index (κ3) is 4.71. The summed E-state index contributed by atoms with van der Waals surface area (Å²) in [6, 6.07) is 3.54. The molecule has 0 amide bonds. The molecular weight excluding hydrogens is 204 g/mol. The summed E-state index contributed by atoms with van der Waals surface area (Å²) in [6.07, 6.45) is 5.56. The van der Waals surface area contributed by atoms with Crippen LogP contribution < -0.4 is 5.32 Å². The third-order valence-electron chi connectivity index (χ3n) is 2.14. The van der Waals surface area contributed by atoms with E-state index < -0.39 is 0 Å². The normalized spacial score (nSPS) is 9.75. The largest absolute Gasteiger partial charge is 0.396 e. The standard InChI is InChI=1S/C11H16N4O/c12-9-10-5-7-14-11(15-10)13-6-3-1-2-4-8-16/h5,7,16H,1-4,6,8H2,(H,13,14,15). The number of aliphatic hydroxyl groups is 1. The Hall–Kier alpha value is -1.67. The molecule has 1 rings (SSSR count). The van der Waals surface area contributed by atoms with E-state index in [4.69, 9.17) is 10.4 Å². The highest BCUT2D eigenvalue weighted by Gasteiger charge is 1.97. The minimum Gasteiger partial charge on any atom is -0.396 e. The molecule has 0 spiro atoms. The number of aliphatic hydroxyl groups excluding tert-OH is 1. The number of hydrogen-bond donors (Lipinski definition) is 2. The Morgan fingerprint density at radius 2 is 2.12 bits per heavy atom. The van der Waals surface area contributed by atoms with Gasteiger partial charge in [0.15, 0.2) is 0 Å². The zero-order valence-corrected chi connectivity index (χ0v) is 9.19. The van der Waals surface area contributed by atoms with Crippen LogP contribution in [0.4, 0.5) is 5.95 Å². The lowest BCUT2D eigenvalue weighted by molar-refractivity contribution is 0.283. The predicted octanol–water partition coefficient (Wildman–Crippen LogP) is 1.31. The molecule has 1 heterocycles. The van der Waals surface area contributed by atoms with Crippen LogP contribution in [0.5, 0.6) is 0 Å². The number of nitriles is 1. The molecule has 5 heteroatoms. The molecule has 0 aromatic carbocycles. The van der Waals surface area contributed by atoms with Crippen molar-refractivity contribution in [3.05, 3.63) is 18.0 Å². The minimum atomic E-state index is 0.265. The highest BCUT2D eigenvalue weighted by atomic mass is 16.2. The number of anilines is 1. The first-order valence-corrected chi connectivity index (χ1v) is 5.44. The van der Waals surface area contributed by atoms with Gasteiger partial charge in [0.2, 0.25) is 5.95 Å². The number of nitrogens with zero attached hydrogens (tertiary/aromatic N) is 3. The highest BCUT2D eigenvalue weighted by Crippen LogP contribution is 2.02. The van der Waals surface area contributed by atoms with Crippen molar-refractivity contribution >= 4 is 5.95 Å². The lowest BCUT2D eigenvalue weighted by Crippen LogP contribution is -2.05. The Bertz CT molecular complexity index is 348. The number of unbranched alkanes of at least 4 members (excludes halogenated alkanes) is 3.